The number of nitrogens with zero attached hydrogens (tertiary/aromatic N) is 1. The number of hydrogen-bond acceptors (Lipinski definition) is 4. The summed E-state index contributed by atoms with van der Waals surface area (Å²) in [6.45, 7) is 3.67. The van der Waals surface area contributed by atoms with Gasteiger partial charge in [0.2, 0.25) is 0 Å². The lowest BCUT2D eigenvalue weighted by Gasteiger charge is -2.06. The number of ketones is 2. The van der Waals surface area contributed by atoms with Gasteiger partial charge in [-0.15, -0.1) is 0 Å². The summed E-state index contributed by atoms with van der Waals surface area (Å²) in [5.41, 5.74) is 0.261. The molecule has 0 N–H and O–H groups in total. The van der Waals surface area contributed by atoms with Gasteiger partial charge < -0.3 is 0 Å². The van der Waals surface area contributed by atoms with E-state index >= 15 is 0 Å². The van der Waals surface area contributed by atoms with Crippen LogP contribution in [-0.4, -0.2) is 16.5 Å². The van der Waals surface area contributed by atoms with Crippen LogP contribution in [-0.2, 0) is 4.79 Å². The Labute approximate surface area is 105 Å². The summed E-state index contributed by atoms with van der Waals surface area (Å²) in [7, 11) is 0. The molecule has 0 aliphatic carbocycles. The first-order chi connectivity index (χ1) is 8.45. The third-order valence-corrected chi connectivity index (χ3v) is 2.90. The van der Waals surface area contributed by atoms with E-state index < -0.39 is 4.92 Å². The molecule has 0 saturated carbocycles. The van der Waals surface area contributed by atoms with Crippen molar-refractivity contribution in [3.8, 4) is 0 Å². The molecular weight excluding hydrogens is 234 g/mol. The smallest absolute Gasteiger partial charge is 0.269 e. The lowest BCUT2D eigenvalue weighted by atomic mass is 9.97. The summed E-state index contributed by atoms with van der Waals surface area (Å²) >= 11 is 0. The highest BCUT2D eigenvalue weighted by atomic mass is 16.6. The van der Waals surface area contributed by atoms with Crippen LogP contribution in [0, 0.1) is 16.0 Å². The number of nitro benzene ring substituents is 1. The average Bonchev–Trinajstić information content (AvgIpc) is 2.37. The van der Waals surface area contributed by atoms with Gasteiger partial charge in [-0.3, -0.25) is 19.7 Å². The van der Waals surface area contributed by atoms with E-state index in [1.165, 1.54) is 24.3 Å². The number of benzene rings is 1. The minimum Gasteiger partial charge on any atom is -0.299 e. The van der Waals surface area contributed by atoms with Crippen molar-refractivity contribution in [1.82, 2.24) is 0 Å². The van der Waals surface area contributed by atoms with Crippen LogP contribution in [0.15, 0.2) is 24.3 Å². The van der Waals surface area contributed by atoms with Gasteiger partial charge in [0.15, 0.2) is 5.78 Å². The van der Waals surface area contributed by atoms with Crippen LogP contribution in [0.4, 0.5) is 5.69 Å². The van der Waals surface area contributed by atoms with E-state index in [9.17, 15) is 19.7 Å². The van der Waals surface area contributed by atoms with Crippen molar-refractivity contribution < 1.29 is 14.5 Å². The van der Waals surface area contributed by atoms with Crippen molar-refractivity contribution in [1.29, 1.82) is 0 Å². The Morgan fingerprint density at radius 3 is 2.28 bits per heavy atom. The second-order valence-corrected chi connectivity index (χ2v) is 4.18. The zero-order valence-corrected chi connectivity index (χ0v) is 10.4. The molecule has 0 fully saturated rings. The van der Waals surface area contributed by atoms with Crippen molar-refractivity contribution >= 4 is 17.3 Å². The molecular formula is C13H15NO4. The topological polar surface area (TPSA) is 77.3 Å². The molecule has 0 bridgehead atoms. The number of nitro groups is 1. The maximum Gasteiger partial charge on any atom is 0.269 e. The van der Waals surface area contributed by atoms with Crippen LogP contribution in [0.1, 0.15) is 37.0 Å². The lowest BCUT2D eigenvalue weighted by molar-refractivity contribution is -0.384. The highest BCUT2D eigenvalue weighted by Crippen LogP contribution is 2.14. The summed E-state index contributed by atoms with van der Waals surface area (Å²) in [4.78, 5) is 33.3. The molecule has 0 aliphatic heterocycles. The molecule has 0 heterocycles. The van der Waals surface area contributed by atoms with Crippen LogP contribution >= 0.6 is 0 Å². The van der Waals surface area contributed by atoms with Crippen molar-refractivity contribution in [3.63, 3.8) is 0 Å². The largest absolute Gasteiger partial charge is 0.299 e. The van der Waals surface area contributed by atoms with Crippen molar-refractivity contribution in [2.24, 2.45) is 5.92 Å². The first-order valence-electron chi connectivity index (χ1n) is 5.76. The SMILES string of the molecule is CCC(C)C(=O)CC(=O)c1ccc([N+](=O)[O-])cc1. The summed E-state index contributed by atoms with van der Waals surface area (Å²) in [5, 5.41) is 10.5. The number of rotatable bonds is 6. The molecule has 0 aliphatic rings. The van der Waals surface area contributed by atoms with Crippen LogP contribution in [0.3, 0.4) is 0 Å². The van der Waals surface area contributed by atoms with Gasteiger partial charge in [0.25, 0.3) is 5.69 Å². The quantitative estimate of drug-likeness (QED) is 0.336. The second-order valence-electron chi connectivity index (χ2n) is 4.18. The molecule has 5 nitrogen and oxygen atoms in total. The normalized spacial score (nSPS) is 11.9. The second kappa shape index (κ2) is 6.05. The summed E-state index contributed by atoms with van der Waals surface area (Å²) in [6, 6.07) is 5.29. The van der Waals surface area contributed by atoms with Crippen molar-refractivity contribution in [2.45, 2.75) is 26.7 Å². The number of carbonyl (C=O) groups is 2. The van der Waals surface area contributed by atoms with Crippen molar-refractivity contribution in [3.05, 3.63) is 39.9 Å². The first-order valence-corrected chi connectivity index (χ1v) is 5.76. The Morgan fingerprint density at radius 2 is 1.83 bits per heavy atom. The van der Waals surface area contributed by atoms with E-state index in [0.29, 0.717) is 12.0 Å². The van der Waals surface area contributed by atoms with Gasteiger partial charge in [-0.05, 0) is 18.6 Å². The highest BCUT2D eigenvalue weighted by Gasteiger charge is 2.17. The van der Waals surface area contributed by atoms with E-state index in [1.807, 2.05) is 6.92 Å². The first kappa shape index (κ1) is 14.0. The minimum absolute atomic E-state index is 0.0696. The van der Waals surface area contributed by atoms with Gasteiger partial charge in [-0.25, -0.2) is 0 Å². The van der Waals surface area contributed by atoms with E-state index in [2.05, 4.69) is 0 Å². The summed E-state index contributed by atoms with van der Waals surface area (Å²) in [5.74, 6) is -0.525. The maximum atomic E-state index is 11.8. The molecule has 1 atom stereocenters. The van der Waals surface area contributed by atoms with Gasteiger partial charge in [0, 0.05) is 23.6 Å². The molecule has 0 amide bonds. The predicted octanol–water partition coefficient (Wildman–Crippen LogP) is 2.78. The monoisotopic (exact) mass is 249 g/mol. The molecule has 0 saturated heterocycles. The average molecular weight is 249 g/mol. The molecule has 18 heavy (non-hydrogen) atoms. The van der Waals surface area contributed by atoms with Crippen LogP contribution in [0.2, 0.25) is 0 Å². The molecule has 1 unspecified atom stereocenters. The zero-order chi connectivity index (χ0) is 13.7. The number of non-ortho nitro benzene ring substituents is 1. The van der Waals surface area contributed by atoms with Gasteiger partial charge in [-0.1, -0.05) is 13.8 Å². The molecule has 96 valence electrons. The minimum atomic E-state index is -0.529. The molecule has 5 heteroatoms. The molecule has 0 spiro atoms. The molecule has 0 aromatic heterocycles. The maximum absolute atomic E-state index is 11.8. The fraction of sp³-hybridized carbons (Fsp3) is 0.385. The molecule has 1 aromatic rings. The number of hydrogen-bond donors (Lipinski definition) is 0. The third kappa shape index (κ3) is 3.48. The van der Waals surface area contributed by atoms with Crippen LogP contribution in [0.25, 0.3) is 0 Å². The van der Waals surface area contributed by atoms with E-state index in [1.54, 1.807) is 6.92 Å². The van der Waals surface area contributed by atoms with Gasteiger partial charge in [0.1, 0.15) is 5.78 Å². The Hall–Kier alpha value is -2.04. The van der Waals surface area contributed by atoms with E-state index in [4.69, 9.17) is 0 Å². The number of carbonyl (C=O) groups excluding carboxylic acids is 2. The summed E-state index contributed by atoms with van der Waals surface area (Å²) < 4.78 is 0. The Bertz CT molecular complexity index is 464. The Balaban J connectivity index is 2.73. The van der Waals surface area contributed by atoms with Gasteiger partial charge in [0.05, 0.1) is 11.3 Å². The fourth-order valence-electron chi connectivity index (χ4n) is 1.43. The van der Waals surface area contributed by atoms with Gasteiger partial charge >= 0.3 is 0 Å². The standard InChI is InChI=1S/C13H15NO4/c1-3-9(2)12(15)8-13(16)10-4-6-11(7-5-10)14(17)18/h4-7,9H,3,8H2,1-2H3. The van der Waals surface area contributed by atoms with Crippen molar-refractivity contribution in [2.75, 3.05) is 0 Å². The molecule has 1 rings (SSSR count). The van der Waals surface area contributed by atoms with Crippen LogP contribution in [0.5, 0.6) is 0 Å². The zero-order valence-electron chi connectivity index (χ0n) is 10.4. The summed E-state index contributed by atoms with van der Waals surface area (Å²) in [6.07, 6.45) is 0.555. The fourth-order valence-corrected chi connectivity index (χ4v) is 1.43. The predicted molar refractivity (Wildman–Crippen MR) is 66.5 cm³/mol. The lowest BCUT2D eigenvalue weighted by Crippen LogP contribution is -2.15. The Morgan fingerprint density at radius 1 is 1.28 bits per heavy atom. The van der Waals surface area contributed by atoms with Gasteiger partial charge in [-0.2, -0.15) is 0 Å². The van der Waals surface area contributed by atoms with Crippen LogP contribution < -0.4 is 0 Å². The number of Topliss-reactive ketones (excluding diaryl/α,β-unsaturated/α-hetero) is 2. The molecule has 0 radical (unpaired) electrons. The molecule has 1 aromatic carbocycles. The Kier molecular flexibility index (Phi) is 4.71. The van der Waals surface area contributed by atoms with E-state index in [0.717, 1.165) is 0 Å². The van der Waals surface area contributed by atoms with E-state index in [-0.39, 0.29) is 29.6 Å². The third-order valence-electron chi connectivity index (χ3n) is 2.90. The highest BCUT2D eigenvalue weighted by molar-refractivity contribution is 6.08.